The van der Waals surface area contributed by atoms with Crippen molar-refractivity contribution in [3.63, 3.8) is 0 Å². The van der Waals surface area contributed by atoms with Gasteiger partial charge in [-0.05, 0) is 18.6 Å². The second kappa shape index (κ2) is 3.85. The van der Waals surface area contributed by atoms with Gasteiger partial charge in [-0.15, -0.1) is 10.2 Å². The van der Waals surface area contributed by atoms with Crippen LogP contribution in [0, 0.1) is 0 Å². The van der Waals surface area contributed by atoms with E-state index in [0.29, 0.717) is 0 Å². The molecule has 0 fully saturated rings. The average Bonchev–Trinajstić information content (AvgIpc) is 2.72. The van der Waals surface area contributed by atoms with Gasteiger partial charge >= 0.3 is 0 Å². The summed E-state index contributed by atoms with van der Waals surface area (Å²) in [5.41, 5.74) is 13.6. The molecule has 2 aromatic rings. The van der Waals surface area contributed by atoms with Crippen LogP contribution < -0.4 is 11.5 Å². The average molecular weight is 229 g/mol. The van der Waals surface area contributed by atoms with Gasteiger partial charge in [-0.3, -0.25) is 0 Å². The first-order valence-electron chi connectivity index (χ1n) is 5.78. The van der Waals surface area contributed by atoms with Crippen molar-refractivity contribution >= 4 is 5.69 Å². The predicted molar refractivity (Wildman–Crippen MR) is 66.2 cm³/mol. The van der Waals surface area contributed by atoms with Gasteiger partial charge in [0.1, 0.15) is 5.82 Å². The van der Waals surface area contributed by atoms with Crippen molar-refractivity contribution < 1.29 is 0 Å². The van der Waals surface area contributed by atoms with Crippen molar-refractivity contribution in [3.05, 3.63) is 30.1 Å². The molecule has 0 saturated carbocycles. The molecular formula is C12H15N5. The Labute approximate surface area is 99.4 Å². The maximum absolute atomic E-state index is 5.97. The quantitative estimate of drug-likeness (QED) is 0.708. The van der Waals surface area contributed by atoms with Crippen LogP contribution in [0.5, 0.6) is 0 Å². The second-order valence-electron chi connectivity index (χ2n) is 4.43. The van der Waals surface area contributed by atoms with E-state index >= 15 is 0 Å². The zero-order valence-corrected chi connectivity index (χ0v) is 9.50. The molecule has 0 saturated heterocycles. The summed E-state index contributed by atoms with van der Waals surface area (Å²) < 4.78 is 2.12. The van der Waals surface area contributed by atoms with E-state index in [0.717, 1.165) is 42.3 Å². The normalized spacial score (nSPS) is 19.0. The smallest absolute Gasteiger partial charge is 0.166 e. The Bertz CT molecular complexity index is 546. The molecule has 1 unspecified atom stereocenters. The second-order valence-corrected chi connectivity index (χ2v) is 4.43. The topological polar surface area (TPSA) is 82.8 Å². The standard InChI is InChI=1S/C12H15N5/c13-8-5-6-17-11(7-8)15-16-12(17)9-3-1-2-4-10(9)14/h1-4,8H,5-7,13-14H2. The lowest BCUT2D eigenvalue weighted by Gasteiger charge is -2.20. The molecule has 0 amide bonds. The Morgan fingerprint density at radius 3 is 2.88 bits per heavy atom. The van der Waals surface area contributed by atoms with Gasteiger partial charge in [-0.1, -0.05) is 12.1 Å². The summed E-state index contributed by atoms with van der Waals surface area (Å²) in [6.45, 7) is 0.868. The van der Waals surface area contributed by atoms with Gasteiger partial charge in [0.2, 0.25) is 0 Å². The molecule has 1 aromatic carbocycles. The van der Waals surface area contributed by atoms with Crippen molar-refractivity contribution in [2.75, 3.05) is 5.73 Å². The number of anilines is 1. The molecule has 1 atom stereocenters. The van der Waals surface area contributed by atoms with E-state index in [2.05, 4.69) is 14.8 Å². The van der Waals surface area contributed by atoms with Crippen molar-refractivity contribution in [2.45, 2.75) is 25.4 Å². The third-order valence-corrected chi connectivity index (χ3v) is 3.20. The number of nitrogens with two attached hydrogens (primary N) is 2. The SMILES string of the molecule is Nc1ccccc1-c1nnc2n1CCC(N)C2. The van der Waals surface area contributed by atoms with Crippen molar-refractivity contribution in [2.24, 2.45) is 5.73 Å². The molecule has 5 heteroatoms. The summed E-state index contributed by atoms with van der Waals surface area (Å²) in [6.07, 6.45) is 1.75. The molecule has 0 bridgehead atoms. The zero-order valence-electron chi connectivity index (χ0n) is 9.50. The van der Waals surface area contributed by atoms with Crippen LogP contribution in [0.1, 0.15) is 12.2 Å². The Morgan fingerprint density at radius 1 is 1.24 bits per heavy atom. The van der Waals surface area contributed by atoms with E-state index in [1.165, 1.54) is 0 Å². The molecule has 2 heterocycles. The number of hydrogen-bond acceptors (Lipinski definition) is 4. The first-order valence-corrected chi connectivity index (χ1v) is 5.78. The fourth-order valence-electron chi connectivity index (χ4n) is 2.25. The first-order chi connectivity index (χ1) is 8.25. The van der Waals surface area contributed by atoms with Crippen LogP contribution in [0.2, 0.25) is 0 Å². The summed E-state index contributed by atoms with van der Waals surface area (Å²) in [6, 6.07) is 7.93. The van der Waals surface area contributed by atoms with E-state index < -0.39 is 0 Å². The minimum Gasteiger partial charge on any atom is -0.398 e. The Morgan fingerprint density at radius 2 is 2.06 bits per heavy atom. The molecule has 1 aliphatic heterocycles. The van der Waals surface area contributed by atoms with Crippen molar-refractivity contribution in [1.82, 2.24) is 14.8 Å². The van der Waals surface area contributed by atoms with Gasteiger partial charge in [0.15, 0.2) is 5.82 Å². The third kappa shape index (κ3) is 1.68. The molecule has 0 aliphatic carbocycles. The minimum absolute atomic E-state index is 0.202. The van der Waals surface area contributed by atoms with Crippen LogP contribution in [0.15, 0.2) is 24.3 Å². The van der Waals surface area contributed by atoms with Crippen LogP contribution in [0.25, 0.3) is 11.4 Å². The molecule has 5 nitrogen and oxygen atoms in total. The summed E-state index contributed by atoms with van der Waals surface area (Å²) in [7, 11) is 0. The third-order valence-electron chi connectivity index (χ3n) is 3.20. The van der Waals surface area contributed by atoms with Crippen LogP contribution in [-0.4, -0.2) is 20.8 Å². The number of para-hydroxylation sites is 1. The largest absolute Gasteiger partial charge is 0.398 e. The van der Waals surface area contributed by atoms with Gasteiger partial charge in [0.05, 0.1) is 0 Å². The van der Waals surface area contributed by atoms with E-state index in [1.807, 2.05) is 24.3 Å². The lowest BCUT2D eigenvalue weighted by Crippen LogP contribution is -2.31. The van der Waals surface area contributed by atoms with E-state index in [1.54, 1.807) is 0 Å². The highest BCUT2D eigenvalue weighted by Gasteiger charge is 2.21. The van der Waals surface area contributed by atoms with Crippen LogP contribution in [-0.2, 0) is 13.0 Å². The molecule has 17 heavy (non-hydrogen) atoms. The van der Waals surface area contributed by atoms with Gasteiger partial charge < -0.3 is 16.0 Å². The zero-order chi connectivity index (χ0) is 11.8. The molecule has 1 aromatic heterocycles. The molecule has 1 aliphatic rings. The summed E-state index contributed by atoms with van der Waals surface area (Å²) >= 11 is 0. The fourth-order valence-corrected chi connectivity index (χ4v) is 2.25. The lowest BCUT2D eigenvalue weighted by atomic mass is 10.1. The Hall–Kier alpha value is -1.88. The lowest BCUT2D eigenvalue weighted by molar-refractivity contribution is 0.466. The highest BCUT2D eigenvalue weighted by molar-refractivity contribution is 5.71. The summed E-state index contributed by atoms with van der Waals surface area (Å²) in [5, 5.41) is 8.44. The molecule has 4 N–H and O–H groups in total. The van der Waals surface area contributed by atoms with E-state index in [9.17, 15) is 0 Å². The Balaban J connectivity index is 2.09. The van der Waals surface area contributed by atoms with Crippen LogP contribution in [0.3, 0.4) is 0 Å². The van der Waals surface area contributed by atoms with Crippen LogP contribution >= 0.6 is 0 Å². The highest BCUT2D eigenvalue weighted by Crippen LogP contribution is 2.26. The van der Waals surface area contributed by atoms with Gasteiger partial charge in [-0.2, -0.15) is 0 Å². The van der Waals surface area contributed by atoms with Gasteiger partial charge in [0.25, 0.3) is 0 Å². The maximum atomic E-state index is 5.97. The van der Waals surface area contributed by atoms with E-state index in [-0.39, 0.29) is 6.04 Å². The number of rotatable bonds is 1. The van der Waals surface area contributed by atoms with Crippen molar-refractivity contribution in [3.8, 4) is 11.4 Å². The predicted octanol–water partition coefficient (Wildman–Crippen LogP) is 0.801. The van der Waals surface area contributed by atoms with E-state index in [4.69, 9.17) is 11.5 Å². The number of nitrogen functional groups attached to an aromatic ring is 1. The summed E-state index contributed by atoms with van der Waals surface area (Å²) in [4.78, 5) is 0. The van der Waals surface area contributed by atoms with Crippen molar-refractivity contribution in [1.29, 1.82) is 0 Å². The number of nitrogens with zero attached hydrogens (tertiary/aromatic N) is 3. The number of aromatic nitrogens is 3. The molecule has 3 rings (SSSR count). The first kappa shape index (κ1) is 10.3. The van der Waals surface area contributed by atoms with Gasteiger partial charge in [0, 0.05) is 30.3 Å². The van der Waals surface area contributed by atoms with Gasteiger partial charge in [-0.25, -0.2) is 0 Å². The monoisotopic (exact) mass is 229 g/mol. The number of benzene rings is 1. The molecule has 0 radical (unpaired) electrons. The molecule has 88 valence electrons. The minimum atomic E-state index is 0.202. The fraction of sp³-hybridized carbons (Fsp3) is 0.333. The summed E-state index contributed by atoms with van der Waals surface area (Å²) in [5.74, 6) is 1.81. The number of fused-ring (bicyclic) bond motifs is 1. The molecular weight excluding hydrogens is 214 g/mol. The Kier molecular flexibility index (Phi) is 2.33. The highest BCUT2D eigenvalue weighted by atomic mass is 15.3. The molecule has 0 spiro atoms. The number of hydrogen-bond donors (Lipinski definition) is 2. The maximum Gasteiger partial charge on any atom is 0.166 e. The van der Waals surface area contributed by atoms with Crippen LogP contribution in [0.4, 0.5) is 5.69 Å².